The third kappa shape index (κ3) is 14.9. The Labute approximate surface area is 559 Å². The van der Waals surface area contributed by atoms with Crippen molar-refractivity contribution in [1.29, 1.82) is 0 Å². The number of aliphatic imine (C=N–C) groups is 1. The Morgan fingerprint density at radius 2 is 1.28 bits per heavy atom. The number of methoxy groups -OCH3 is 2. The van der Waals surface area contributed by atoms with Crippen molar-refractivity contribution in [3.63, 3.8) is 0 Å². The molecule has 2 saturated heterocycles. The van der Waals surface area contributed by atoms with Gasteiger partial charge in [0.15, 0.2) is 29.2 Å². The molecule has 1 aliphatic carbocycles. The van der Waals surface area contributed by atoms with Crippen molar-refractivity contribution in [2.24, 2.45) is 10.9 Å². The standard InChI is InChI=1S/C71H77N9O17/c1-40(2)64(76-60(81)24-23-52(75-61(82)27-30-79-62(83)25-26-63(79)84)70(90)96-39-51-47-16-8-6-14-45(47)46-15-7-9-17-48(46)51)66(86)73-41(3)65(85)74-43-21-19-42(20-22-43)38-97-71(91)80-55-36-59(57(93-5)34-50(55)68(88)78-29-11-18-54(78)69(80)89)95-32-12-31-94-58-35-53-49(33-56(58)92-4)67(87)77-28-10-13-44(77)37-72-53/h6-9,14-17,19-22,25-26,33-37,40-41,44,51-52,54,64,69,89H,10-13,18,23-24,27-32,38-39H2,1-5H3,(H,73,86)(H,74,85)(H,75,82)(H,76,81)/t41-,44-,52-,54-,64-,69-/m0/s1. The molecule has 0 saturated carbocycles. The lowest BCUT2D eigenvalue weighted by atomic mass is 9.98. The SMILES string of the molecule is COc1cc2c(cc1OCCCOc1cc3c(cc1OC)C(=O)N1CCC[C@H]1[C@H](O)N3C(=O)OCc1ccc(NC(=O)[C@H](C)NC(=O)[C@@H](NC(=O)CC[C@H](NC(=O)CCN3C(=O)C=CC3=O)C(=O)OCC3c4ccccc4-c4ccccc43)C(C)C)cc1)N=C[C@@H]1CCCN1C2=O. The molecule has 5 aromatic rings. The van der Waals surface area contributed by atoms with E-state index in [0.29, 0.717) is 66.4 Å². The van der Waals surface area contributed by atoms with E-state index in [1.807, 2.05) is 53.4 Å². The lowest BCUT2D eigenvalue weighted by Gasteiger charge is -2.31. The maximum atomic E-state index is 14.3. The zero-order valence-electron chi connectivity index (χ0n) is 54.4. The molecule has 2 fully saturated rings. The molecule has 5 N–H and O–H groups in total. The summed E-state index contributed by atoms with van der Waals surface area (Å²) in [6, 6.07) is 23.7. The Kier molecular flexibility index (Phi) is 20.9. The van der Waals surface area contributed by atoms with Crippen LogP contribution in [-0.2, 0) is 49.6 Å². The predicted octanol–water partition coefficient (Wildman–Crippen LogP) is 6.47. The molecule has 5 aliphatic heterocycles. The van der Waals surface area contributed by atoms with Crippen molar-refractivity contribution in [3.05, 3.63) is 137 Å². The van der Waals surface area contributed by atoms with Crippen molar-refractivity contribution in [2.75, 3.05) is 63.9 Å². The molecule has 5 aromatic carbocycles. The second-order valence-electron chi connectivity index (χ2n) is 24.8. The molecule has 508 valence electrons. The van der Waals surface area contributed by atoms with Crippen LogP contribution in [0, 0.1) is 5.92 Å². The Hall–Kier alpha value is -10.6. The highest BCUT2D eigenvalue weighted by Crippen LogP contribution is 2.46. The smallest absolute Gasteiger partial charge is 0.416 e. The minimum atomic E-state index is -1.50. The number of nitrogens with zero attached hydrogens (tertiary/aromatic N) is 5. The van der Waals surface area contributed by atoms with Gasteiger partial charge in [-0.15, -0.1) is 0 Å². The highest BCUT2D eigenvalue weighted by molar-refractivity contribution is 6.13. The number of rotatable bonds is 26. The average molecular weight is 1330 g/mol. The number of hydrogen-bond donors (Lipinski definition) is 5. The summed E-state index contributed by atoms with van der Waals surface area (Å²) < 4.78 is 35.3. The number of esters is 1. The lowest BCUT2D eigenvalue weighted by Crippen LogP contribution is -2.54. The van der Waals surface area contributed by atoms with Crippen LogP contribution in [0.2, 0.25) is 0 Å². The first-order valence-corrected chi connectivity index (χ1v) is 32.5. The topological polar surface area (TPSA) is 320 Å². The summed E-state index contributed by atoms with van der Waals surface area (Å²) in [5.74, 6) is -4.70. The van der Waals surface area contributed by atoms with Gasteiger partial charge in [0.2, 0.25) is 23.6 Å². The van der Waals surface area contributed by atoms with Gasteiger partial charge in [0.05, 0.1) is 62.0 Å². The van der Waals surface area contributed by atoms with Gasteiger partial charge in [-0.05, 0) is 97.0 Å². The molecule has 0 aromatic heterocycles. The number of aliphatic hydroxyl groups excluding tert-OH is 1. The van der Waals surface area contributed by atoms with E-state index in [1.165, 1.54) is 38.2 Å². The van der Waals surface area contributed by atoms with Gasteiger partial charge in [-0.1, -0.05) is 74.5 Å². The highest BCUT2D eigenvalue weighted by atomic mass is 16.6. The predicted molar refractivity (Wildman–Crippen MR) is 352 cm³/mol. The maximum absolute atomic E-state index is 14.3. The molecular formula is C71H77N9O17. The van der Waals surface area contributed by atoms with E-state index in [-0.39, 0.29) is 92.9 Å². The van der Waals surface area contributed by atoms with Crippen LogP contribution >= 0.6 is 0 Å². The molecular weight excluding hydrogens is 1250 g/mol. The first-order valence-electron chi connectivity index (χ1n) is 32.5. The molecule has 0 spiro atoms. The summed E-state index contributed by atoms with van der Waals surface area (Å²) in [5.41, 5.74) is 5.81. The zero-order valence-corrected chi connectivity index (χ0v) is 54.4. The number of amides is 9. The van der Waals surface area contributed by atoms with Crippen LogP contribution in [0.5, 0.6) is 23.0 Å². The molecule has 26 nitrogen and oxygen atoms in total. The number of imide groups is 1. The summed E-state index contributed by atoms with van der Waals surface area (Å²) in [5, 5.41) is 22.6. The van der Waals surface area contributed by atoms with Gasteiger partial charge in [0.1, 0.15) is 31.3 Å². The molecule has 5 heterocycles. The Balaban J connectivity index is 0.674. The first kappa shape index (κ1) is 67.8. The van der Waals surface area contributed by atoms with Crippen molar-refractivity contribution < 1.29 is 81.5 Å². The number of nitrogens with one attached hydrogen (secondary N) is 4. The summed E-state index contributed by atoms with van der Waals surface area (Å²) in [6.07, 6.45) is 3.74. The molecule has 26 heteroatoms. The molecule has 97 heavy (non-hydrogen) atoms. The van der Waals surface area contributed by atoms with Crippen LogP contribution in [-0.4, -0.2) is 175 Å². The number of carbonyl (C=O) groups excluding carboxylic acids is 10. The minimum Gasteiger partial charge on any atom is -0.493 e. The van der Waals surface area contributed by atoms with Crippen molar-refractivity contribution in [2.45, 2.75) is 121 Å². The highest BCUT2D eigenvalue weighted by Gasteiger charge is 2.46. The largest absolute Gasteiger partial charge is 0.493 e. The van der Waals surface area contributed by atoms with Gasteiger partial charge >= 0.3 is 12.1 Å². The van der Waals surface area contributed by atoms with Crippen molar-refractivity contribution in [3.8, 4) is 34.1 Å². The fourth-order valence-corrected chi connectivity index (χ4v) is 12.9. The van der Waals surface area contributed by atoms with Crippen molar-refractivity contribution >= 4 is 82.6 Å². The van der Waals surface area contributed by atoms with Crippen LogP contribution in [0.25, 0.3) is 11.1 Å². The van der Waals surface area contributed by atoms with E-state index < -0.39 is 89.7 Å². The summed E-state index contributed by atoms with van der Waals surface area (Å²) in [7, 11) is 2.92. The van der Waals surface area contributed by atoms with E-state index in [1.54, 1.807) is 56.5 Å². The summed E-state index contributed by atoms with van der Waals surface area (Å²) in [6.45, 7) is 5.53. The second-order valence-corrected chi connectivity index (χ2v) is 24.8. The molecule has 6 atom stereocenters. The summed E-state index contributed by atoms with van der Waals surface area (Å²) >= 11 is 0. The fourth-order valence-electron chi connectivity index (χ4n) is 12.9. The van der Waals surface area contributed by atoms with Gasteiger partial charge in [-0.3, -0.25) is 48.2 Å². The van der Waals surface area contributed by atoms with Crippen LogP contribution in [0.1, 0.15) is 115 Å². The quantitative estimate of drug-likeness (QED) is 0.0225. The number of aliphatic hydroxyl groups is 1. The number of anilines is 2. The van der Waals surface area contributed by atoms with Gasteiger partial charge in [0, 0.05) is 81.0 Å². The minimum absolute atomic E-state index is 0.0414. The molecule has 6 aliphatic rings. The third-order valence-corrected chi connectivity index (χ3v) is 18.1. The summed E-state index contributed by atoms with van der Waals surface area (Å²) in [4.78, 5) is 144. The van der Waals surface area contributed by atoms with Gasteiger partial charge < -0.3 is 64.6 Å². The fraction of sp³-hybridized carbons (Fsp3) is 0.394. The van der Waals surface area contributed by atoms with E-state index in [0.717, 1.165) is 57.0 Å². The zero-order chi connectivity index (χ0) is 68.6. The van der Waals surface area contributed by atoms with Gasteiger partial charge in [0.25, 0.3) is 23.6 Å². The lowest BCUT2D eigenvalue weighted by molar-refractivity contribution is -0.149. The van der Waals surface area contributed by atoms with E-state index in [9.17, 15) is 53.1 Å². The van der Waals surface area contributed by atoms with Gasteiger partial charge in [-0.2, -0.15) is 0 Å². The molecule has 0 bridgehead atoms. The Morgan fingerprint density at radius 1 is 0.660 bits per heavy atom. The molecule has 0 radical (unpaired) electrons. The number of benzene rings is 5. The van der Waals surface area contributed by atoms with E-state index in [4.69, 9.17) is 28.4 Å². The van der Waals surface area contributed by atoms with Crippen LogP contribution in [0.3, 0.4) is 0 Å². The maximum Gasteiger partial charge on any atom is 0.416 e. The van der Waals surface area contributed by atoms with Gasteiger partial charge in [-0.25, -0.2) is 14.5 Å². The second kappa shape index (κ2) is 30.0. The number of carbonyl (C=O) groups is 10. The molecule has 0 unspecified atom stereocenters. The monoisotopic (exact) mass is 1330 g/mol. The molecule has 9 amide bonds. The number of ether oxygens (including phenoxy) is 6. The Bertz CT molecular complexity index is 3900. The van der Waals surface area contributed by atoms with E-state index >= 15 is 0 Å². The number of hydrogen-bond acceptors (Lipinski definition) is 18. The molecule has 11 rings (SSSR count). The van der Waals surface area contributed by atoms with Crippen LogP contribution < -0.4 is 45.1 Å². The number of fused-ring (bicyclic) bond motifs is 7. The Morgan fingerprint density at radius 3 is 1.95 bits per heavy atom. The van der Waals surface area contributed by atoms with Crippen LogP contribution in [0.15, 0.2) is 114 Å². The average Bonchev–Trinajstić information content (AvgIpc) is 1.66. The van der Waals surface area contributed by atoms with Crippen LogP contribution in [0.4, 0.5) is 21.9 Å². The van der Waals surface area contributed by atoms with Crippen molar-refractivity contribution in [1.82, 2.24) is 30.7 Å². The normalized spacial score (nSPS) is 18.3. The van der Waals surface area contributed by atoms with E-state index in [2.05, 4.69) is 26.3 Å². The first-order chi connectivity index (χ1) is 46.8. The third-order valence-electron chi connectivity index (χ3n) is 18.1.